The summed E-state index contributed by atoms with van der Waals surface area (Å²) in [4.78, 5) is 38.2. The first-order valence-corrected chi connectivity index (χ1v) is 12.7. The number of carbonyl (C=O) groups is 1. The molecular weight excluding hydrogens is 434 g/mol. The minimum Gasteiger partial charge on any atom is -0.353 e. The van der Waals surface area contributed by atoms with Crippen molar-refractivity contribution >= 4 is 28.7 Å². The average Bonchev–Trinajstić information content (AvgIpc) is 3.18. The SMILES string of the molecule is Cc1cc2nc(SCC(=O)N3CCN(Cc4ccccc4)CC3)n(CCC(C)C)c(=O)c2[nH]1. The summed E-state index contributed by atoms with van der Waals surface area (Å²) in [5, 5.41) is 0.628. The van der Waals surface area contributed by atoms with E-state index in [0.29, 0.717) is 34.4 Å². The fourth-order valence-corrected chi connectivity index (χ4v) is 5.05. The lowest BCUT2D eigenvalue weighted by Gasteiger charge is -2.34. The van der Waals surface area contributed by atoms with E-state index in [9.17, 15) is 9.59 Å². The molecule has 1 aliphatic heterocycles. The highest BCUT2D eigenvalue weighted by molar-refractivity contribution is 7.99. The fourth-order valence-electron chi connectivity index (χ4n) is 4.12. The molecule has 3 heterocycles. The van der Waals surface area contributed by atoms with Gasteiger partial charge in [0.25, 0.3) is 5.56 Å². The number of aryl methyl sites for hydroxylation is 1. The summed E-state index contributed by atoms with van der Waals surface area (Å²) in [5.74, 6) is 0.876. The van der Waals surface area contributed by atoms with Crippen LogP contribution in [0.25, 0.3) is 11.0 Å². The fraction of sp³-hybridized carbons (Fsp3) is 0.480. The first-order chi connectivity index (χ1) is 15.9. The number of thioether (sulfide) groups is 1. The highest BCUT2D eigenvalue weighted by Gasteiger charge is 2.22. The van der Waals surface area contributed by atoms with Crippen LogP contribution in [0.4, 0.5) is 0 Å². The molecule has 0 spiro atoms. The Morgan fingerprint density at radius 2 is 1.88 bits per heavy atom. The first kappa shape index (κ1) is 23.6. The number of piperazine rings is 1. The molecule has 1 N–H and O–H groups in total. The van der Waals surface area contributed by atoms with Crippen molar-refractivity contribution in [3.8, 4) is 0 Å². The zero-order valence-corrected chi connectivity index (χ0v) is 20.5. The Hall–Kier alpha value is -2.58. The van der Waals surface area contributed by atoms with Gasteiger partial charge in [-0.1, -0.05) is 55.9 Å². The van der Waals surface area contributed by atoms with Gasteiger partial charge in [0, 0.05) is 45.0 Å². The van der Waals surface area contributed by atoms with Gasteiger partial charge in [0.15, 0.2) is 5.16 Å². The molecule has 1 aromatic carbocycles. The van der Waals surface area contributed by atoms with Crippen molar-refractivity contribution < 1.29 is 4.79 Å². The van der Waals surface area contributed by atoms with E-state index in [1.54, 1.807) is 4.57 Å². The van der Waals surface area contributed by atoms with Gasteiger partial charge in [-0.2, -0.15) is 0 Å². The van der Waals surface area contributed by atoms with Gasteiger partial charge in [0.2, 0.25) is 5.91 Å². The van der Waals surface area contributed by atoms with Crippen molar-refractivity contribution in [3.63, 3.8) is 0 Å². The molecule has 33 heavy (non-hydrogen) atoms. The van der Waals surface area contributed by atoms with Crippen molar-refractivity contribution in [3.05, 3.63) is 58.0 Å². The van der Waals surface area contributed by atoms with E-state index in [0.717, 1.165) is 44.8 Å². The molecule has 8 heteroatoms. The number of nitrogens with one attached hydrogen (secondary N) is 1. The van der Waals surface area contributed by atoms with Crippen molar-refractivity contribution in [1.82, 2.24) is 24.3 Å². The third-order valence-corrected chi connectivity index (χ3v) is 7.03. The van der Waals surface area contributed by atoms with E-state index in [1.165, 1.54) is 17.3 Å². The number of amides is 1. The van der Waals surface area contributed by atoms with Gasteiger partial charge in [0.1, 0.15) is 5.52 Å². The number of carbonyl (C=O) groups excluding carboxylic acids is 1. The summed E-state index contributed by atoms with van der Waals surface area (Å²) in [5.41, 5.74) is 3.37. The van der Waals surface area contributed by atoms with Crippen LogP contribution in [0.2, 0.25) is 0 Å². The van der Waals surface area contributed by atoms with Crippen molar-refractivity contribution in [2.75, 3.05) is 31.9 Å². The van der Waals surface area contributed by atoms with Gasteiger partial charge in [-0.05, 0) is 30.9 Å². The minimum atomic E-state index is -0.0572. The third-order valence-electron chi connectivity index (χ3n) is 6.07. The molecule has 176 valence electrons. The second-order valence-electron chi connectivity index (χ2n) is 9.18. The average molecular weight is 468 g/mol. The number of aromatic amines is 1. The Morgan fingerprint density at radius 3 is 2.58 bits per heavy atom. The smallest absolute Gasteiger partial charge is 0.278 e. The molecule has 1 aliphatic rings. The number of benzene rings is 1. The second-order valence-corrected chi connectivity index (χ2v) is 10.1. The van der Waals surface area contributed by atoms with Gasteiger partial charge in [-0.25, -0.2) is 4.98 Å². The third kappa shape index (κ3) is 5.86. The van der Waals surface area contributed by atoms with Crippen molar-refractivity contribution in [1.29, 1.82) is 0 Å². The standard InChI is InChI=1S/C25H33N5O2S/c1-18(2)9-10-30-24(32)23-21(15-19(3)26-23)27-25(30)33-17-22(31)29-13-11-28(12-14-29)16-20-7-5-4-6-8-20/h4-8,15,18,26H,9-14,16-17H2,1-3H3. The Bertz CT molecular complexity index is 1150. The van der Waals surface area contributed by atoms with Gasteiger partial charge in [-0.15, -0.1) is 0 Å². The minimum absolute atomic E-state index is 0.0572. The van der Waals surface area contributed by atoms with Crippen molar-refractivity contribution in [2.45, 2.75) is 45.4 Å². The molecule has 1 fully saturated rings. The van der Waals surface area contributed by atoms with Crippen molar-refractivity contribution in [2.24, 2.45) is 5.92 Å². The quantitative estimate of drug-likeness (QED) is 0.405. The Balaban J connectivity index is 1.39. The summed E-state index contributed by atoms with van der Waals surface area (Å²) >= 11 is 1.38. The van der Waals surface area contributed by atoms with E-state index in [1.807, 2.05) is 24.0 Å². The first-order valence-electron chi connectivity index (χ1n) is 11.7. The molecule has 0 unspecified atom stereocenters. The normalized spacial score (nSPS) is 15.0. The lowest BCUT2D eigenvalue weighted by atomic mass is 10.1. The van der Waals surface area contributed by atoms with Crippen LogP contribution in [0, 0.1) is 12.8 Å². The molecule has 0 atom stereocenters. The van der Waals surface area contributed by atoms with Crippen LogP contribution in [0.1, 0.15) is 31.5 Å². The summed E-state index contributed by atoms with van der Waals surface area (Å²) in [6.45, 7) is 10.9. The van der Waals surface area contributed by atoms with E-state index < -0.39 is 0 Å². The molecule has 0 bridgehead atoms. The maximum Gasteiger partial charge on any atom is 0.278 e. The summed E-state index contributed by atoms with van der Waals surface area (Å²) < 4.78 is 1.73. The van der Waals surface area contributed by atoms with Gasteiger partial charge in [0.05, 0.1) is 11.3 Å². The number of aromatic nitrogens is 3. The zero-order chi connectivity index (χ0) is 23.4. The molecule has 3 aromatic rings. The Kier molecular flexibility index (Phi) is 7.55. The molecular formula is C25H33N5O2S. The monoisotopic (exact) mass is 467 g/mol. The molecule has 0 saturated carbocycles. The predicted octanol–water partition coefficient (Wildman–Crippen LogP) is 3.52. The lowest BCUT2D eigenvalue weighted by Crippen LogP contribution is -2.48. The summed E-state index contributed by atoms with van der Waals surface area (Å²) in [6.07, 6.45) is 0.887. The van der Waals surface area contributed by atoms with E-state index in [2.05, 4.69) is 48.0 Å². The molecule has 1 amide bonds. The lowest BCUT2D eigenvalue weighted by molar-refractivity contribution is -0.130. The van der Waals surface area contributed by atoms with Gasteiger partial charge < -0.3 is 9.88 Å². The van der Waals surface area contributed by atoms with Crippen LogP contribution in [-0.2, 0) is 17.9 Å². The zero-order valence-electron chi connectivity index (χ0n) is 19.7. The highest BCUT2D eigenvalue weighted by Crippen LogP contribution is 2.20. The number of H-pyrrole nitrogens is 1. The molecule has 4 rings (SSSR count). The second kappa shape index (κ2) is 10.6. The largest absolute Gasteiger partial charge is 0.353 e. The highest BCUT2D eigenvalue weighted by atomic mass is 32.2. The van der Waals surface area contributed by atoms with E-state index in [-0.39, 0.29) is 11.5 Å². The summed E-state index contributed by atoms with van der Waals surface area (Å²) in [6, 6.07) is 12.3. The molecule has 0 radical (unpaired) electrons. The van der Waals surface area contributed by atoms with Crippen LogP contribution in [0.3, 0.4) is 0 Å². The number of fused-ring (bicyclic) bond motifs is 1. The number of rotatable bonds is 8. The molecule has 1 saturated heterocycles. The van der Waals surface area contributed by atoms with Crippen LogP contribution in [0.15, 0.2) is 46.3 Å². The maximum atomic E-state index is 13.1. The predicted molar refractivity (Wildman–Crippen MR) is 134 cm³/mol. The van der Waals surface area contributed by atoms with Gasteiger partial charge in [-0.3, -0.25) is 19.1 Å². The van der Waals surface area contributed by atoms with Crippen LogP contribution >= 0.6 is 11.8 Å². The maximum absolute atomic E-state index is 13.1. The molecule has 2 aromatic heterocycles. The number of hydrogen-bond acceptors (Lipinski definition) is 5. The molecule has 0 aliphatic carbocycles. The van der Waals surface area contributed by atoms with E-state index >= 15 is 0 Å². The van der Waals surface area contributed by atoms with Gasteiger partial charge >= 0.3 is 0 Å². The number of nitrogens with zero attached hydrogens (tertiary/aromatic N) is 4. The summed E-state index contributed by atoms with van der Waals surface area (Å²) in [7, 11) is 0. The van der Waals surface area contributed by atoms with Crippen LogP contribution < -0.4 is 5.56 Å². The van der Waals surface area contributed by atoms with Crippen LogP contribution in [0.5, 0.6) is 0 Å². The topological polar surface area (TPSA) is 74.2 Å². The Morgan fingerprint density at radius 1 is 1.15 bits per heavy atom. The number of hydrogen-bond donors (Lipinski definition) is 1. The van der Waals surface area contributed by atoms with Crippen LogP contribution in [-0.4, -0.2) is 62.2 Å². The molecule has 7 nitrogen and oxygen atoms in total. The van der Waals surface area contributed by atoms with E-state index in [4.69, 9.17) is 4.98 Å². The Labute approximate surface area is 199 Å².